The van der Waals surface area contributed by atoms with Crippen molar-refractivity contribution in [1.82, 2.24) is 0 Å². The van der Waals surface area contributed by atoms with Crippen molar-refractivity contribution in [2.75, 3.05) is 7.11 Å². The Labute approximate surface area is 172 Å². The summed E-state index contributed by atoms with van der Waals surface area (Å²) in [4.78, 5) is 23.3. The highest BCUT2D eigenvalue weighted by molar-refractivity contribution is 6.05. The summed E-state index contributed by atoms with van der Waals surface area (Å²) in [6.45, 7) is 1.90. The summed E-state index contributed by atoms with van der Waals surface area (Å²) in [6.07, 6.45) is 0.100. The number of aliphatic hydroxyl groups is 1. The third-order valence-corrected chi connectivity index (χ3v) is 5.01. The van der Waals surface area contributed by atoms with Gasteiger partial charge in [0.2, 0.25) is 0 Å². The number of benzene rings is 3. The van der Waals surface area contributed by atoms with E-state index < -0.39 is 11.7 Å². The second kappa shape index (κ2) is 8.00. The van der Waals surface area contributed by atoms with Crippen LogP contribution in [0.4, 0.5) is 0 Å². The number of aliphatic hydroxyl groups excluding tert-OH is 1. The maximum atomic E-state index is 12.5. The van der Waals surface area contributed by atoms with E-state index in [9.17, 15) is 14.7 Å². The molecule has 4 aromatic rings. The van der Waals surface area contributed by atoms with Crippen LogP contribution in [0.2, 0.25) is 0 Å². The van der Waals surface area contributed by atoms with Gasteiger partial charge in [0.15, 0.2) is 11.5 Å². The Balaban J connectivity index is 1.75. The molecule has 0 spiro atoms. The van der Waals surface area contributed by atoms with Crippen molar-refractivity contribution in [2.24, 2.45) is 0 Å². The quantitative estimate of drug-likeness (QED) is 0.291. The van der Waals surface area contributed by atoms with Crippen molar-refractivity contribution in [3.8, 4) is 11.5 Å². The van der Waals surface area contributed by atoms with E-state index in [0.717, 1.165) is 11.8 Å². The minimum absolute atomic E-state index is 0.260. The molecule has 0 aliphatic rings. The van der Waals surface area contributed by atoms with Gasteiger partial charge in [0.1, 0.15) is 18.5 Å². The molecule has 1 aromatic heterocycles. The molecule has 152 valence electrons. The molecule has 0 saturated heterocycles. The zero-order valence-corrected chi connectivity index (χ0v) is 16.5. The van der Waals surface area contributed by atoms with Crippen LogP contribution in [-0.4, -0.2) is 18.5 Å². The van der Waals surface area contributed by atoms with Crippen LogP contribution in [0.25, 0.3) is 21.7 Å². The summed E-state index contributed by atoms with van der Waals surface area (Å²) in [5, 5.41) is 11.6. The molecule has 0 aliphatic heterocycles. The van der Waals surface area contributed by atoms with E-state index in [1.165, 1.54) is 0 Å². The molecule has 6 heteroatoms. The summed E-state index contributed by atoms with van der Waals surface area (Å²) >= 11 is 0. The van der Waals surface area contributed by atoms with Crippen molar-refractivity contribution in [2.45, 2.75) is 19.6 Å². The Morgan fingerprint density at radius 2 is 1.77 bits per heavy atom. The highest BCUT2D eigenvalue weighted by Gasteiger charge is 2.15. The van der Waals surface area contributed by atoms with Gasteiger partial charge in [-0.25, -0.2) is 4.79 Å². The fourth-order valence-electron chi connectivity index (χ4n) is 3.34. The Kier molecular flexibility index (Phi) is 5.25. The number of carbonyl (C=O) groups excluding carboxylic acids is 1. The number of hydrogen-bond donors (Lipinski definition) is 1. The Morgan fingerprint density at radius 1 is 1.00 bits per heavy atom. The van der Waals surface area contributed by atoms with Crippen LogP contribution in [0, 0.1) is 0 Å². The van der Waals surface area contributed by atoms with E-state index in [1.54, 1.807) is 56.5 Å². The minimum Gasteiger partial charge on any atom is -0.493 e. The molecular formula is C24H20O6. The molecule has 1 atom stereocenters. The first-order valence-corrected chi connectivity index (χ1v) is 9.43. The summed E-state index contributed by atoms with van der Waals surface area (Å²) in [5.74, 6) is 0.939. The number of rotatable bonds is 6. The average Bonchev–Trinajstić information content (AvgIpc) is 2.77. The van der Waals surface area contributed by atoms with E-state index in [0.29, 0.717) is 44.4 Å². The molecule has 0 bridgehead atoms. The molecule has 0 saturated carbocycles. The number of aldehydes is 1. The molecule has 0 aliphatic carbocycles. The van der Waals surface area contributed by atoms with Gasteiger partial charge in [0, 0.05) is 22.4 Å². The summed E-state index contributed by atoms with van der Waals surface area (Å²) in [5.41, 5.74) is 2.01. The van der Waals surface area contributed by atoms with Gasteiger partial charge in [-0.3, -0.25) is 4.79 Å². The van der Waals surface area contributed by atoms with Gasteiger partial charge >= 0.3 is 5.63 Å². The summed E-state index contributed by atoms with van der Waals surface area (Å²) in [7, 11) is 1.54. The number of methoxy groups -OCH3 is 1. The molecule has 1 unspecified atom stereocenters. The van der Waals surface area contributed by atoms with Crippen LogP contribution in [0.15, 0.2) is 63.8 Å². The largest absolute Gasteiger partial charge is 0.493 e. The fourth-order valence-corrected chi connectivity index (χ4v) is 3.34. The lowest BCUT2D eigenvalue weighted by Gasteiger charge is -2.13. The highest BCUT2D eigenvalue weighted by Crippen LogP contribution is 2.35. The molecule has 0 fully saturated rings. The second-order valence-corrected chi connectivity index (χ2v) is 7.02. The predicted octanol–water partition coefficient (Wildman–Crippen LogP) is 4.40. The molecule has 0 radical (unpaired) electrons. The molecular weight excluding hydrogens is 384 g/mol. The summed E-state index contributed by atoms with van der Waals surface area (Å²) in [6, 6.07) is 15.7. The van der Waals surface area contributed by atoms with E-state index >= 15 is 0 Å². The highest BCUT2D eigenvalue weighted by atomic mass is 16.5. The van der Waals surface area contributed by atoms with E-state index in [-0.39, 0.29) is 6.61 Å². The van der Waals surface area contributed by atoms with Gasteiger partial charge < -0.3 is 19.0 Å². The van der Waals surface area contributed by atoms with E-state index in [1.807, 2.05) is 12.1 Å². The lowest BCUT2D eigenvalue weighted by molar-refractivity contribution is 0.112. The van der Waals surface area contributed by atoms with Gasteiger partial charge in [0.05, 0.1) is 18.6 Å². The maximum Gasteiger partial charge on any atom is 0.344 e. The first-order chi connectivity index (χ1) is 14.5. The van der Waals surface area contributed by atoms with Crippen LogP contribution in [0.5, 0.6) is 11.5 Å². The Hall–Kier alpha value is -3.64. The Bertz CT molecular complexity index is 1290. The van der Waals surface area contributed by atoms with Gasteiger partial charge in [0.25, 0.3) is 0 Å². The van der Waals surface area contributed by atoms with Gasteiger partial charge in [-0.15, -0.1) is 0 Å². The Morgan fingerprint density at radius 3 is 2.43 bits per heavy atom. The number of hydrogen-bond acceptors (Lipinski definition) is 6. The standard InChI is InChI=1S/C24H20O6/c1-14(26)17-7-8-18-19-10-22(28-2)23(11-21(19)30-24(27)20(18)9-17)29-13-16-5-3-15(12-25)4-6-16/h3-12,14,26H,13H2,1-2H3. The summed E-state index contributed by atoms with van der Waals surface area (Å²) < 4.78 is 16.9. The van der Waals surface area contributed by atoms with Crippen LogP contribution in [-0.2, 0) is 6.61 Å². The number of fused-ring (bicyclic) bond motifs is 3. The molecule has 1 heterocycles. The van der Waals surface area contributed by atoms with Gasteiger partial charge in [-0.2, -0.15) is 0 Å². The molecule has 4 rings (SSSR count). The minimum atomic E-state index is -0.685. The first-order valence-electron chi connectivity index (χ1n) is 9.43. The molecule has 3 aromatic carbocycles. The fraction of sp³-hybridized carbons (Fsp3) is 0.167. The molecule has 1 N–H and O–H groups in total. The SMILES string of the molecule is COc1cc2c(cc1OCc1ccc(C=O)cc1)oc(=O)c1cc(C(C)O)ccc12. The average molecular weight is 404 g/mol. The van der Waals surface area contributed by atoms with E-state index in [2.05, 4.69) is 0 Å². The topological polar surface area (TPSA) is 86.0 Å². The van der Waals surface area contributed by atoms with Gasteiger partial charge in [-0.05, 0) is 30.2 Å². The first kappa shape index (κ1) is 19.7. The predicted molar refractivity (Wildman–Crippen MR) is 113 cm³/mol. The van der Waals surface area contributed by atoms with Crippen LogP contribution >= 0.6 is 0 Å². The van der Waals surface area contributed by atoms with Crippen LogP contribution < -0.4 is 15.1 Å². The maximum absolute atomic E-state index is 12.5. The monoisotopic (exact) mass is 404 g/mol. The number of carbonyl (C=O) groups is 1. The third-order valence-electron chi connectivity index (χ3n) is 5.01. The molecule has 0 amide bonds. The van der Waals surface area contributed by atoms with Gasteiger partial charge in [-0.1, -0.05) is 36.4 Å². The van der Waals surface area contributed by atoms with Crippen LogP contribution in [0.3, 0.4) is 0 Å². The van der Waals surface area contributed by atoms with Crippen molar-refractivity contribution < 1.29 is 23.8 Å². The smallest absolute Gasteiger partial charge is 0.344 e. The molecule has 30 heavy (non-hydrogen) atoms. The second-order valence-electron chi connectivity index (χ2n) is 7.02. The van der Waals surface area contributed by atoms with Crippen molar-refractivity contribution in [1.29, 1.82) is 0 Å². The zero-order chi connectivity index (χ0) is 21.3. The third kappa shape index (κ3) is 3.65. The number of ether oxygens (including phenoxy) is 2. The molecule has 6 nitrogen and oxygen atoms in total. The lowest BCUT2D eigenvalue weighted by Crippen LogP contribution is -2.03. The van der Waals surface area contributed by atoms with Crippen molar-refractivity contribution >= 4 is 28.0 Å². The normalized spacial score (nSPS) is 12.1. The van der Waals surface area contributed by atoms with Crippen molar-refractivity contribution in [3.63, 3.8) is 0 Å². The zero-order valence-electron chi connectivity index (χ0n) is 16.5. The lowest BCUT2D eigenvalue weighted by atomic mass is 10.0. The van der Waals surface area contributed by atoms with Crippen molar-refractivity contribution in [3.05, 3.63) is 81.7 Å². The van der Waals surface area contributed by atoms with E-state index in [4.69, 9.17) is 13.9 Å². The van der Waals surface area contributed by atoms with Crippen LogP contribution in [0.1, 0.15) is 34.5 Å².